The van der Waals surface area contributed by atoms with E-state index in [9.17, 15) is 5.11 Å². The lowest BCUT2D eigenvalue weighted by Gasteiger charge is -2.04. The molecule has 1 aliphatic rings. The number of phenols is 1. The molecule has 2 rings (SSSR count). The van der Waals surface area contributed by atoms with Crippen LogP contribution in [-0.4, -0.2) is 11.9 Å². The van der Waals surface area contributed by atoms with E-state index in [-0.39, 0.29) is 19.1 Å². The van der Waals surface area contributed by atoms with Gasteiger partial charge in [0.05, 0.1) is 5.56 Å². The molecule has 1 aliphatic heterocycles. The number of fused-ring (bicyclic) bond motifs is 1. The molecule has 1 heterocycles. The van der Waals surface area contributed by atoms with Crippen molar-refractivity contribution in [3.63, 3.8) is 0 Å². The van der Waals surface area contributed by atoms with E-state index in [1.54, 1.807) is 12.1 Å². The lowest BCUT2D eigenvalue weighted by atomic mass is 10.1. The SMILES string of the molecule is NCc1c(O)ccc2c1OCO2. The van der Waals surface area contributed by atoms with Gasteiger partial charge in [-0.05, 0) is 12.1 Å². The van der Waals surface area contributed by atoms with E-state index in [1.165, 1.54) is 0 Å². The highest BCUT2D eigenvalue weighted by Crippen LogP contribution is 2.39. The van der Waals surface area contributed by atoms with Crippen LogP contribution in [0.2, 0.25) is 0 Å². The molecule has 0 saturated carbocycles. The summed E-state index contributed by atoms with van der Waals surface area (Å²) >= 11 is 0. The van der Waals surface area contributed by atoms with Crippen molar-refractivity contribution in [3.05, 3.63) is 17.7 Å². The first-order valence-corrected chi connectivity index (χ1v) is 3.63. The van der Waals surface area contributed by atoms with Gasteiger partial charge in [0.2, 0.25) is 6.79 Å². The fraction of sp³-hybridized carbons (Fsp3) is 0.250. The molecule has 0 aromatic heterocycles. The molecule has 0 saturated heterocycles. The lowest BCUT2D eigenvalue weighted by molar-refractivity contribution is 0.173. The van der Waals surface area contributed by atoms with E-state index in [4.69, 9.17) is 15.2 Å². The second-order valence-electron chi connectivity index (χ2n) is 2.50. The van der Waals surface area contributed by atoms with Crippen LogP contribution < -0.4 is 15.2 Å². The monoisotopic (exact) mass is 167 g/mol. The summed E-state index contributed by atoms with van der Waals surface area (Å²) in [6, 6.07) is 3.21. The minimum atomic E-state index is 0.154. The molecule has 3 N–H and O–H groups in total. The van der Waals surface area contributed by atoms with Gasteiger partial charge in [0.25, 0.3) is 0 Å². The van der Waals surface area contributed by atoms with E-state index >= 15 is 0 Å². The van der Waals surface area contributed by atoms with Crippen molar-refractivity contribution in [2.75, 3.05) is 6.79 Å². The molecule has 0 fully saturated rings. The minimum absolute atomic E-state index is 0.154. The van der Waals surface area contributed by atoms with Crippen LogP contribution in [0.5, 0.6) is 17.2 Å². The number of hydrogen-bond acceptors (Lipinski definition) is 4. The highest BCUT2D eigenvalue weighted by atomic mass is 16.7. The fourth-order valence-electron chi connectivity index (χ4n) is 1.22. The molecule has 0 bridgehead atoms. The second kappa shape index (κ2) is 2.57. The van der Waals surface area contributed by atoms with Crippen molar-refractivity contribution in [2.24, 2.45) is 5.73 Å². The number of aromatic hydroxyl groups is 1. The molecular formula is C8H9NO3. The van der Waals surface area contributed by atoms with E-state index < -0.39 is 0 Å². The normalized spacial score (nSPS) is 13.4. The van der Waals surface area contributed by atoms with Gasteiger partial charge in [-0.15, -0.1) is 0 Å². The van der Waals surface area contributed by atoms with Crippen molar-refractivity contribution >= 4 is 0 Å². The summed E-state index contributed by atoms with van der Waals surface area (Å²) < 4.78 is 10.2. The Morgan fingerprint density at radius 3 is 3.00 bits per heavy atom. The molecule has 12 heavy (non-hydrogen) atoms. The van der Waals surface area contributed by atoms with Crippen LogP contribution >= 0.6 is 0 Å². The molecule has 64 valence electrons. The van der Waals surface area contributed by atoms with Crippen molar-refractivity contribution < 1.29 is 14.6 Å². The number of nitrogens with two attached hydrogens (primary N) is 1. The molecule has 4 nitrogen and oxygen atoms in total. The standard InChI is InChI=1S/C8H9NO3/c9-3-5-6(10)1-2-7-8(5)12-4-11-7/h1-2,10H,3-4,9H2. The van der Waals surface area contributed by atoms with Gasteiger partial charge in [-0.3, -0.25) is 0 Å². The van der Waals surface area contributed by atoms with Gasteiger partial charge in [0, 0.05) is 6.54 Å². The van der Waals surface area contributed by atoms with Crippen LogP contribution in [0.1, 0.15) is 5.56 Å². The largest absolute Gasteiger partial charge is 0.507 e. The number of rotatable bonds is 1. The number of benzene rings is 1. The Balaban J connectivity index is 2.57. The number of ether oxygens (including phenoxy) is 2. The third kappa shape index (κ3) is 0.887. The van der Waals surface area contributed by atoms with Gasteiger partial charge < -0.3 is 20.3 Å². The minimum Gasteiger partial charge on any atom is -0.507 e. The summed E-state index contributed by atoms with van der Waals surface area (Å²) in [5.74, 6) is 1.37. The van der Waals surface area contributed by atoms with Gasteiger partial charge in [-0.25, -0.2) is 0 Å². The first kappa shape index (κ1) is 7.24. The van der Waals surface area contributed by atoms with Crippen molar-refractivity contribution in [1.82, 2.24) is 0 Å². The zero-order chi connectivity index (χ0) is 8.55. The molecule has 0 unspecified atom stereocenters. The quantitative estimate of drug-likeness (QED) is 0.642. The van der Waals surface area contributed by atoms with E-state index in [2.05, 4.69) is 0 Å². The Kier molecular flexibility index (Phi) is 1.55. The van der Waals surface area contributed by atoms with E-state index in [0.29, 0.717) is 17.1 Å². The zero-order valence-electron chi connectivity index (χ0n) is 6.41. The fourth-order valence-corrected chi connectivity index (χ4v) is 1.22. The Morgan fingerprint density at radius 2 is 2.25 bits per heavy atom. The Bertz CT molecular complexity index is 311. The summed E-state index contributed by atoms with van der Waals surface area (Å²) in [5, 5.41) is 9.36. The van der Waals surface area contributed by atoms with E-state index in [1.807, 2.05) is 0 Å². The van der Waals surface area contributed by atoms with Crippen molar-refractivity contribution in [3.8, 4) is 17.2 Å². The second-order valence-corrected chi connectivity index (χ2v) is 2.50. The molecule has 1 aromatic carbocycles. The maximum Gasteiger partial charge on any atom is 0.231 e. The number of phenolic OH excluding ortho intramolecular Hbond substituents is 1. The summed E-state index contributed by atoms with van der Waals surface area (Å²) in [6.45, 7) is 0.449. The average Bonchev–Trinajstić information content (AvgIpc) is 2.52. The van der Waals surface area contributed by atoms with Gasteiger partial charge in [0.15, 0.2) is 11.5 Å². The first-order valence-electron chi connectivity index (χ1n) is 3.63. The van der Waals surface area contributed by atoms with Crippen LogP contribution in [0, 0.1) is 0 Å². The molecule has 1 aromatic rings. The summed E-state index contributed by atoms with van der Waals surface area (Å²) in [5.41, 5.74) is 6.03. The maximum absolute atomic E-state index is 9.36. The van der Waals surface area contributed by atoms with Gasteiger partial charge in [-0.2, -0.15) is 0 Å². The van der Waals surface area contributed by atoms with Gasteiger partial charge in [-0.1, -0.05) is 0 Å². The lowest BCUT2D eigenvalue weighted by Crippen LogP contribution is -1.99. The third-order valence-corrected chi connectivity index (χ3v) is 1.82. The predicted molar refractivity (Wildman–Crippen MR) is 42.1 cm³/mol. The molecule has 0 atom stereocenters. The Labute approximate surface area is 69.5 Å². The Hall–Kier alpha value is -1.42. The molecule has 4 heteroatoms. The molecule has 0 amide bonds. The first-order chi connectivity index (χ1) is 5.83. The van der Waals surface area contributed by atoms with E-state index in [0.717, 1.165) is 0 Å². The topological polar surface area (TPSA) is 64.7 Å². The molecule has 0 radical (unpaired) electrons. The molecule has 0 spiro atoms. The zero-order valence-corrected chi connectivity index (χ0v) is 6.41. The van der Waals surface area contributed by atoms with Crippen molar-refractivity contribution in [1.29, 1.82) is 0 Å². The summed E-state index contributed by atoms with van der Waals surface area (Å²) in [7, 11) is 0. The molecule has 0 aliphatic carbocycles. The Morgan fingerprint density at radius 1 is 1.42 bits per heavy atom. The summed E-state index contributed by atoms with van der Waals surface area (Å²) in [4.78, 5) is 0. The smallest absolute Gasteiger partial charge is 0.231 e. The third-order valence-electron chi connectivity index (χ3n) is 1.82. The van der Waals surface area contributed by atoms with Crippen molar-refractivity contribution in [2.45, 2.75) is 6.54 Å². The van der Waals surface area contributed by atoms with Crippen LogP contribution in [0.3, 0.4) is 0 Å². The van der Waals surface area contributed by atoms with Crippen LogP contribution in [0.15, 0.2) is 12.1 Å². The predicted octanol–water partition coefficient (Wildman–Crippen LogP) is 0.580. The van der Waals surface area contributed by atoms with Crippen LogP contribution in [0.25, 0.3) is 0 Å². The maximum atomic E-state index is 9.36. The molecular weight excluding hydrogens is 158 g/mol. The van der Waals surface area contributed by atoms with Crippen LogP contribution in [-0.2, 0) is 6.54 Å². The highest BCUT2D eigenvalue weighted by molar-refractivity contribution is 5.54. The van der Waals surface area contributed by atoms with Gasteiger partial charge >= 0.3 is 0 Å². The van der Waals surface area contributed by atoms with Crippen LogP contribution in [0.4, 0.5) is 0 Å². The summed E-state index contributed by atoms with van der Waals surface area (Å²) in [6.07, 6.45) is 0. The average molecular weight is 167 g/mol. The highest BCUT2D eigenvalue weighted by Gasteiger charge is 2.19. The van der Waals surface area contributed by atoms with Gasteiger partial charge in [0.1, 0.15) is 5.75 Å². The number of hydrogen-bond donors (Lipinski definition) is 2.